The highest BCUT2D eigenvalue weighted by molar-refractivity contribution is 6.06. The zero-order valence-electron chi connectivity index (χ0n) is 11.6. The Morgan fingerprint density at radius 2 is 1.90 bits per heavy atom. The highest BCUT2D eigenvalue weighted by Gasteiger charge is 2.17. The number of H-pyrrole nitrogens is 1. The molecule has 0 aliphatic rings. The third-order valence-corrected chi connectivity index (χ3v) is 3.74. The van der Waals surface area contributed by atoms with Crippen molar-refractivity contribution in [2.75, 3.05) is 0 Å². The number of nitrogens with one attached hydrogen (secondary N) is 1. The SMILES string of the molecule is CC(C#N)c1cccc2[nH]c(-c3ccccc3)c(C=O)c12. The maximum absolute atomic E-state index is 11.6. The summed E-state index contributed by atoms with van der Waals surface area (Å²) in [6.07, 6.45) is 0.870. The Balaban J connectivity index is 2.35. The van der Waals surface area contributed by atoms with Gasteiger partial charge in [-0.2, -0.15) is 5.26 Å². The number of fused-ring (bicyclic) bond motifs is 1. The van der Waals surface area contributed by atoms with E-state index < -0.39 is 0 Å². The van der Waals surface area contributed by atoms with E-state index in [-0.39, 0.29) is 5.92 Å². The van der Waals surface area contributed by atoms with Crippen LogP contribution in [-0.2, 0) is 0 Å². The van der Waals surface area contributed by atoms with Crippen molar-refractivity contribution in [3.8, 4) is 17.3 Å². The van der Waals surface area contributed by atoms with Gasteiger partial charge >= 0.3 is 0 Å². The highest BCUT2D eigenvalue weighted by atomic mass is 16.1. The number of carbonyl (C=O) groups excluding carboxylic acids is 1. The van der Waals surface area contributed by atoms with Gasteiger partial charge in [-0.3, -0.25) is 4.79 Å². The van der Waals surface area contributed by atoms with Crippen molar-refractivity contribution in [1.29, 1.82) is 5.26 Å². The Hall–Kier alpha value is -2.86. The molecule has 1 N–H and O–H groups in total. The molecule has 0 aliphatic heterocycles. The molecule has 0 fully saturated rings. The van der Waals surface area contributed by atoms with E-state index >= 15 is 0 Å². The van der Waals surface area contributed by atoms with Gasteiger partial charge in [-0.25, -0.2) is 0 Å². The number of carbonyl (C=O) groups is 1. The fraction of sp³-hybridized carbons (Fsp3) is 0.111. The highest BCUT2D eigenvalue weighted by Crippen LogP contribution is 2.33. The summed E-state index contributed by atoms with van der Waals surface area (Å²) in [5.74, 6) is -0.258. The van der Waals surface area contributed by atoms with Crippen molar-refractivity contribution in [2.45, 2.75) is 12.8 Å². The van der Waals surface area contributed by atoms with E-state index in [4.69, 9.17) is 0 Å². The molecule has 0 bridgehead atoms. The van der Waals surface area contributed by atoms with Crippen molar-refractivity contribution in [3.63, 3.8) is 0 Å². The lowest BCUT2D eigenvalue weighted by molar-refractivity contribution is 0.112. The lowest BCUT2D eigenvalue weighted by Crippen LogP contribution is -1.92. The number of nitrogens with zero attached hydrogens (tertiary/aromatic N) is 1. The summed E-state index contributed by atoms with van der Waals surface area (Å²) in [6, 6.07) is 17.7. The quantitative estimate of drug-likeness (QED) is 0.725. The van der Waals surface area contributed by atoms with E-state index in [1.54, 1.807) is 0 Å². The molecule has 0 amide bonds. The average molecular weight is 274 g/mol. The maximum atomic E-state index is 11.6. The standard InChI is InChI=1S/C18H14N2O/c1-12(10-19)14-8-5-9-16-17(14)15(11-21)18(20-16)13-6-3-2-4-7-13/h2-9,11-12,20H,1H3. The molecule has 0 radical (unpaired) electrons. The van der Waals surface area contributed by atoms with Gasteiger partial charge < -0.3 is 4.98 Å². The predicted molar refractivity (Wildman–Crippen MR) is 83.2 cm³/mol. The average Bonchev–Trinajstić information content (AvgIpc) is 2.93. The Morgan fingerprint density at radius 3 is 2.57 bits per heavy atom. The Kier molecular flexibility index (Phi) is 3.29. The van der Waals surface area contributed by atoms with Crippen LogP contribution in [0, 0.1) is 11.3 Å². The van der Waals surface area contributed by atoms with E-state index in [1.165, 1.54) is 0 Å². The molecule has 0 saturated heterocycles. The number of aldehydes is 1. The Bertz CT molecular complexity index is 841. The van der Waals surface area contributed by atoms with E-state index in [0.717, 1.165) is 34.0 Å². The van der Waals surface area contributed by atoms with Crippen LogP contribution in [-0.4, -0.2) is 11.3 Å². The third-order valence-electron chi connectivity index (χ3n) is 3.74. The summed E-state index contributed by atoms with van der Waals surface area (Å²) < 4.78 is 0. The van der Waals surface area contributed by atoms with Gasteiger partial charge in [0, 0.05) is 16.5 Å². The van der Waals surface area contributed by atoms with Gasteiger partial charge in [0.05, 0.1) is 17.7 Å². The monoisotopic (exact) mass is 274 g/mol. The van der Waals surface area contributed by atoms with Gasteiger partial charge in [0.25, 0.3) is 0 Å². The summed E-state index contributed by atoms with van der Waals surface area (Å²) >= 11 is 0. The first-order valence-electron chi connectivity index (χ1n) is 6.81. The normalized spacial score (nSPS) is 12.0. The summed E-state index contributed by atoms with van der Waals surface area (Å²) in [5.41, 5.74) is 4.16. The number of aromatic amines is 1. The Labute approximate surface area is 122 Å². The van der Waals surface area contributed by atoms with Crippen LogP contribution in [0.3, 0.4) is 0 Å². The molecule has 1 unspecified atom stereocenters. The van der Waals surface area contributed by atoms with Gasteiger partial charge in [0.1, 0.15) is 0 Å². The van der Waals surface area contributed by atoms with Crippen molar-refractivity contribution in [3.05, 3.63) is 59.7 Å². The minimum Gasteiger partial charge on any atom is -0.354 e. The molecule has 21 heavy (non-hydrogen) atoms. The molecule has 3 rings (SSSR count). The van der Waals surface area contributed by atoms with Crippen molar-refractivity contribution in [1.82, 2.24) is 4.98 Å². The number of rotatable bonds is 3. The van der Waals surface area contributed by atoms with Gasteiger partial charge in [-0.15, -0.1) is 0 Å². The minimum atomic E-state index is -0.258. The molecular weight excluding hydrogens is 260 g/mol. The van der Waals surface area contributed by atoms with Crippen LogP contribution in [0.25, 0.3) is 22.2 Å². The molecule has 2 aromatic carbocycles. The van der Waals surface area contributed by atoms with Crippen LogP contribution in [0.15, 0.2) is 48.5 Å². The lowest BCUT2D eigenvalue weighted by Gasteiger charge is -2.05. The molecule has 1 heterocycles. The summed E-state index contributed by atoms with van der Waals surface area (Å²) in [7, 11) is 0. The molecule has 3 aromatic rings. The molecule has 0 saturated carbocycles. The van der Waals surface area contributed by atoms with E-state index in [0.29, 0.717) is 5.56 Å². The van der Waals surface area contributed by atoms with E-state index in [2.05, 4.69) is 11.1 Å². The number of nitriles is 1. The second kappa shape index (κ2) is 5.26. The smallest absolute Gasteiger partial charge is 0.152 e. The first-order chi connectivity index (χ1) is 10.3. The summed E-state index contributed by atoms with van der Waals surface area (Å²) in [6.45, 7) is 1.85. The maximum Gasteiger partial charge on any atom is 0.152 e. The summed E-state index contributed by atoms with van der Waals surface area (Å²) in [5, 5.41) is 10.0. The number of benzene rings is 2. The zero-order chi connectivity index (χ0) is 14.8. The first kappa shape index (κ1) is 13.1. The number of hydrogen-bond donors (Lipinski definition) is 1. The predicted octanol–water partition coefficient (Wildman–Crippen LogP) is 4.27. The summed E-state index contributed by atoms with van der Waals surface area (Å²) in [4.78, 5) is 14.9. The van der Waals surface area contributed by atoms with Crippen LogP contribution in [0.4, 0.5) is 0 Å². The van der Waals surface area contributed by atoms with Crippen LogP contribution >= 0.6 is 0 Å². The van der Waals surface area contributed by atoms with E-state index in [9.17, 15) is 10.1 Å². The number of aromatic nitrogens is 1. The van der Waals surface area contributed by atoms with Gasteiger partial charge in [-0.1, -0.05) is 42.5 Å². The lowest BCUT2D eigenvalue weighted by atomic mass is 9.95. The molecule has 3 heteroatoms. The minimum absolute atomic E-state index is 0.258. The van der Waals surface area contributed by atoms with Gasteiger partial charge in [0.15, 0.2) is 6.29 Å². The fourth-order valence-electron chi connectivity index (χ4n) is 2.68. The van der Waals surface area contributed by atoms with Gasteiger partial charge in [-0.05, 0) is 24.1 Å². The second-order valence-corrected chi connectivity index (χ2v) is 5.02. The molecular formula is C18H14N2O. The molecule has 102 valence electrons. The van der Waals surface area contributed by atoms with Crippen molar-refractivity contribution in [2.24, 2.45) is 0 Å². The first-order valence-corrected chi connectivity index (χ1v) is 6.81. The van der Waals surface area contributed by atoms with Gasteiger partial charge in [0.2, 0.25) is 0 Å². The number of hydrogen-bond acceptors (Lipinski definition) is 2. The topological polar surface area (TPSA) is 56.6 Å². The molecule has 0 aliphatic carbocycles. The third kappa shape index (κ3) is 2.11. The molecule has 3 nitrogen and oxygen atoms in total. The van der Waals surface area contributed by atoms with Crippen LogP contribution in [0.1, 0.15) is 28.8 Å². The van der Waals surface area contributed by atoms with Crippen LogP contribution < -0.4 is 0 Å². The second-order valence-electron chi connectivity index (χ2n) is 5.02. The van der Waals surface area contributed by atoms with Crippen molar-refractivity contribution >= 4 is 17.2 Å². The van der Waals surface area contributed by atoms with Crippen molar-refractivity contribution < 1.29 is 4.79 Å². The molecule has 1 atom stereocenters. The van der Waals surface area contributed by atoms with E-state index in [1.807, 2.05) is 55.5 Å². The fourth-order valence-corrected chi connectivity index (χ4v) is 2.68. The zero-order valence-corrected chi connectivity index (χ0v) is 11.6. The largest absolute Gasteiger partial charge is 0.354 e. The molecule has 1 aromatic heterocycles. The Morgan fingerprint density at radius 1 is 1.14 bits per heavy atom. The van der Waals surface area contributed by atoms with Crippen LogP contribution in [0.5, 0.6) is 0 Å². The van der Waals surface area contributed by atoms with Crippen LogP contribution in [0.2, 0.25) is 0 Å². The molecule has 0 spiro atoms.